The highest BCUT2D eigenvalue weighted by molar-refractivity contribution is 7.47. The molecule has 4 unspecified atom stereocenters. The average molecular weight is 377 g/mol. The zero-order valence-electron chi connectivity index (χ0n) is 16.9. The van der Waals surface area contributed by atoms with Gasteiger partial charge in [0.1, 0.15) is 0 Å². The van der Waals surface area contributed by atoms with E-state index in [0.717, 1.165) is 51.4 Å². The number of hydrogen-bond acceptors (Lipinski definition) is 3. The Bertz CT molecular complexity index is 382. The van der Waals surface area contributed by atoms with Crippen molar-refractivity contribution < 1.29 is 18.5 Å². The first-order valence-electron chi connectivity index (χ1n) is 10.5. The van der Waals surface area contributed by atoms with Gasteiger partial charge in [-0.1, -0.05) is 79.1 Å². The van der Waals surface area contributed by atoms with Gasteiger partial charge in [-0.15, -0.1) is 0 Å². The fraction of sp³-hybridized carbons (Fsp3) is 1.00. The summed E-state index contributed by atoms with van der Waals surface area (Å²) in [4.78, 5) is 10.1. The quantitative estimate of drug-likeness (QED) is 0.362. The minimum Gasteiger partial charge on any atom is -0.302 e. The van der Waals surface area contributed by atoms with Gasteiger partial charge < -0.3 is 4.89 Å². The van der Waals surface area contributed by atoms with Gasteiger partial charge in [-0.05, 0) is 37.0 Å². The van der Waals surface area contributed by atoms with Gasteiger partial charge in [-0.25, -0.2) is 4.57 Å². The Balaban J connectivity index is 2.49. The molecule has 0 amide bonds. The molecule has 0 aromatic carbocycles. The maximum Gasteiger partial charge on any atom is 0.472 e. The van der Waals surface area contributed by atoms with Crippen LogP contribution < -0.4 is 0 Å². The highest BCUT2D eigenvalue weighted by Gasteiger charge is 2.30. The lowest BCUT2D eigenvalue weighted by atomic mass is 9.84. The molecule has 0 aliphatic heterocycles. The lowest BCUT2D eigenvalue weighted by Crippen LogP contribution is -2.20. The molecule has 25 heavy (non-hydrogen) atoms. The fourth-order valence-corrected chi connectivity index (χ4v) is 4.97. The van der Waals surface area contributed by atoms with E-state index in [-0.39, 0.29) is 6.10 Å². The highest BCUT2D eigenvalue weighted by atomic mass is 31.2. The molecule has 1 aliphatic rings. The molecule has 0 radical (unpaired) electrons. The zero-order valence-corrected chi connectivity index (χ0v) is 17.8. The highest BCUT2D eigenvalue weighted by Crippen LogP contribution is 2.47. The van der Waals surface area contributed by atoms with Crippen LogP contribution in [0.3, 0.4) is 0 Å². The van der Waals surface area contributed by atoms with Crippen LogP contribution >= 0.6 is 7.82 Å². The second-order valence-electron chi connectivity index (χ2n) is 8.13. The second kappa shape index (κ2) is 12.5. The van der Waals surface area contributed by atoms with Gasteiger partial charge in [-0.3, -0.25) is 9.05 Å². The predicted molar refractivity (Wildman–Crippen MR) is 105 cm³/mol. The van der Waals surface area contributed by atoms with Crippen LogP contribution in [-0.4, -0.2) is 17.6 Å². The van der Waals surface area contributed by atoms with Gasteiger partial charge in [0, 0.05) is 0 Å². The largest absolute Gasteiger partial charge is 0.472 e. The molecule has 0 aromatic rings. The van der Waals surface area contributed by atoms with Crippen molar-refractivity contribution in [3.63, 3.8) is 0 Å². The smallest absolute Gasteiger partial charge is 0.302 e. The van der Waals surface area contributed by atoms with E-state index in [4.69, 9.17) is 9.05 Å². The van der Waals surface area contributed by atoms with Crippen LogP contribution in [0.5, 0.6) is 0 Å². The summed E-state index contributed by atoms with van der Waals surface area (Å²) in [7, 11) is -3.93. The van der Waals surface area contributed by atoms with Gasteiger partial charge in [0.15, 0.2) is 0 Å². The molecule has 5 heteroatoms. The number of phosphoric acid groups is 1. The van der Waals surface area contributed by atoms with Gasteiger partial charge in [0.2, 0.25) is 0 Å². The zero-order chi connectivity index (χ0) is 18.7. The molecule has 0 heterocycles. The van der Waals surface area contributed by atoms with E-state index < -0.39 is 7.82 Å². The van der Waals surface area contributed by atoms with Crippen molar-refractivity contribution in [1.82, 2.24) is 0 Å². The Morgan fingerprint density at radius 3 is 2.24 bits per heavy atom. The lowest BCUT2D eigenvalue weighted by Gasteiger charge is -2.28. The molecule has 1 rings (SSSR count). The number of rotatable bonds is 13. The average Bonchev–Trinajstić information content (AvgIpc) is 2.55. The summed E-state index contributed by atoms with van der Waals surface area (Å²) >= 11 is 0. The van der Waals surface area contributed by atoms with Crippen molar-refractivity contribution in [2.24, 2.45) is 17.8 Å². The van der Waals surface area contributed by atoms with E-state index in [1.165, 1.54) is 19.3 Å². The number of hydrogen-bond donors (Lipinski definition) is 1. The molecule has 0 saturated heterocycles. The molecule has 150 valence electrons. The SMILES string of the molecule is CCCC(C)CCC(COP(=O)(O)OC1CCCCC1)C(C)CCC. The summed E-state index contributed by atoms with van der Waals surface area (Å²) in [5.41, 5.74) is 0. The first-order valence-corrected chi connectivity index (χ1v) is 12.0. The van der Waals surface area contributed by atoms with Crippen molar-refractivity contribution in [1.29, 1.82) is 0 Å². The lowest BCUT2D eigenvalue weighted by molar-refractivity contribution is 0.0658. The van der Waals surface area contributed by atoms with E-state index >= 15 is 0 Å². The first kappa shape index (κ1) is 23.1. The monoisotopic (exact) mass is 376 g/mol. The van der Waals surface area contributed by atoms with Crippen molar-refractivity contribution in [3.8, 4) is 0 Å². The Kier molecular flexibility index (Phi) is 11.6. The van der Waals surface area contributed by atoms with Gasteiger partial charge in [-0.2, -0.15) is 0 Å². The summed E-state index contributed by atoms with van der Waals surface area (Å²) in [6.07, 6.45) is 12.0. The molecule has 0 spiro atoms. The third kappa shape index (κ3) is 10.1. The van der Waals surface area contributed by atoms with Crippen LogP contribution in [0.1, 0.15) is 98.3 Å². The van der Waals surface area contributed by atoms with Crippen molar-refractivity contribution in [3.05, 3.63) is 0 Å². The molecular weight excluding hydrogens is 335 g/mol. The van der Waals surface area contributed by atoms with Gasteiger partial charge in [0.25, 0.3) is 0 Å². The van der Waals surface area contributed by atoms with Crippen LogP contribution in [0.2, 0.25) is 0 Å². The Hall–Kier alpha value is 0.110. The Morgan fingerprint density at radius 2 is 1.64 bits per heavy atom. The molecule has 1 fully saturated rings. The maximum absolute atomic E-state index is 12.3. The van der Waals surface area contributed by atoms with Crippen molar-refractivity contribution in [2.45, 2.75) is 104 Å². The normalized spacial score (nSPS) is 22.3. The summed E-state index contributed by atoms with van der Waals surface area (Å²) in [6.45, 7) is 9.29. The minimum atomic E-state index is -3.93. The molecule has 1 aliphatic carbocycles. The molecular formula is C20H41O4P. The summed E-state index contributed by atoms with van der Waals surface area (Å²) < 4.78 is 23.2. The van der Waals surface area contributed by atoms with E-state index in [1.807, 2.05) is 0 Å². The number of phosphoric ester groups is 1. The molecule has 4 atom stereocenters. The molecule has 1 N–H and O–H groups in total. The van der Waals surface area contributed by atoms with Gasteiger partial charge in [0.05, 0.1) is 12.7 Å². The van der Waals surface area contributed by atoms with Crippen LogP contribution in [-0.2, 0) is 13.6 Å². The maximum atomic E-state index is 12.3. The molecule has 0 bridgehead atoms. The minimum absolute atomic E-state index is 0.110. The van der Waals surface area contributed by atoms with Crippen LogP contribution in [0, 0.1) is 17.8 Å². The predicted octanol–water partition coefficient (Wildman–Crippen LogP) is 6.72. The topological polar surface area (TPSA) is 55.8 Å². The Morgan fingerprint density at radius 1 is 1.00 bits per heavy atom. The molecule has 4 nitrogen and oxygen atoms in total. The molecule has 0 aromatic heterocycles. The summed E-state index contributed by atoms with van der Waals surface area (Å²) in [5.74, 6) is 1.55. The molecule has 1 saturated carbocycles. The van der Waals surface area contributed by atoms with Crippen LogP contribution in [0.4, 0.5) is 0 Å². The fourth-order valence-electron chi connectivity index (χ4n) is 3.94. The van der Waals surface area contributed by atoms with Crippen molar-refractivity contribution in [2.75, 3.05) is 6.61 Å². The van der Waals surface area contributed by atoms with Crippen molar-refractivity contribution >= 4 is 7.82 Å². The summed E-state index contributed by atoms with van der Waals surface area (Å²) in [5, 5.41) is 0. The van der Waals surface area contributed by atoms with E-state index in [9.17, 15) is 9.46 Å². The van der Waals surface area contributed by atoms with Gasteiger partial charge >= 0.3 is 7.82 Å². The standard InChI is InChI=1S/C20H41O4P/c1-5-10-17(3)14-15-19(18(4)11-6-2)16-23-25(21,22)24-20-12-8-7-9-13-20/h17-20H,5-16H2,1-4H3,(H,21,22). The third-order valence-electron chi connectivity index (χ3n) is 5.65. The Labute approximate surface area is 155 Å². The third-order valence-corrected chi connectivity index (χ3v) is 6.69. The van der Waals surface area contributed by atoms with Crippen LogP contribution in [0.15, 0.2) is 0 Å². The first-order chi connectivity index (χ1) is 11.9. The van der Waals surface area contributed by atoms with E-state index in [2.05, 4.69) is 27.7 Å². The van der Waals surface area contributed by atoms with E-state index in [0.29, 0.717) is 24.4 Å². The van der Waals surface area contributed by atoms with E-state index in [1.54, 1.807) is 0 Å². The van der Waals surface area contributed by atoms with Crippen LogP contribution in [0.25, 0.3) is 0 Å². The second-order valence-corrected chi connectivity index (χ2v) is 9.53. The summed E-state index contributed by atoms with van der Waals surface area (Å²) in [6, 6.07) is 0.